The second-order valence-corrected chi connectivity index (χ2v) is 7.50. The van der Waals surface area contributed by atoms with Crippen LogP contribution in [0.4, 0.5) is 4.39 Å². The lowest BCUT2D eigenvalue weighted by Gasteiger charge is -2.31. The maximum absolute atomic E-state index is 14.0. The number of esters is 1. The first-order chi connectivity index (χ1) is 13.1. The highest BCUT2D eigenvalue weighted by atomic mass is 35.5. The number of aliphatic imine (C=N–C) groups is 1. The third kappa shape index (κ3) is 3.26. The maximum atomic E-state index is 14.0. The minimum Gasteiger partial charge on any atom is -0.463 e. The molecular weight excluding hydrogens is 389 g/mol. The number of hydrogen-bond acceptors (Lipinski definition) is 6. The van der Waals surface area contributed by atoms with E-state index in [2.05, 4.69) is 4.98 Å². The molecule has 1 atom stereocenters. The predicted molar refractivity (Wildman–Crippen MR) is 102 cm³/mol. The van der Waals surface area contributed by atoms with E-state index in [-0.39, 0.29) is 6.61 Å². The lowest BCUT2D eigenvalue weighted by atomic mass is 9.94. The van der Waals surface area contributed by atoms with Crippen LogP contribution in [0.1, 0.15) is 36.4 Å². The van der Waals surface area contributed by atoms with Crippen molar-refractivity contribution in [1.82, 2.24) is 9.88 Å². The van der Waals surface area contributed by atoms with Gasteiger partial charge in [-0.1, -0.05) is 11.6 Å². The molecule has 1 fully saturated rings. The van der Waals surface area contributed by atoms with Crippen LogP contribution in [0, 0.1) is 5.82 Å². The van der Waals surface area contributed by atoms with Crippen LogP contribution >= 0.6 is 22.9 Å². The smallest absolute Gasteiger partial charge is 0.338 e. The van der Waals surface area contributed by atoms with Crippen molar-refractivity contribution in [1.29, 1.82) is 0 Å². The number of amidine groups is 1. The summed E-state index contributed by atoms with van der Waals surface area (Å²) in [6, 6.07) is 3.38. The summed E-state index contributed by atoms with van der Waals surface area (Å²) in [5.74, 6) is -0.176. The minimum absolute atomic E-state index is 0.252. The molecule has 27 heavy (non-hydrogen) atoms. The van der Waals surface area contributed by atoms with Crippen molar-refractivity contribution in [3.05, 3.63) is 62.5 Å². The van der Waals surface area contributed by atoms with Gasteiger partial charge in [0, 0.05) is 34.4 Å². The van der Waals surface area contributed by atoms with Gasteiger partial charge in [-0.15, -0.1) is 11.3 Å². The van der Waals surface area contributed by atoms with Gasteiger partial charge in [0.1, 0.15) is 11.9 Å². The molecule has 3 heterocycles. The Morgan fingerprint density at radius 1 is 1.48 bits per heavy atom. The van der Waals surface area contributed by atoms with E-state index in [0.717, 1.165) is 30.1 Å². The average Bonchev–Trinajstić information content (AvgIpc) is 3.34. The fourth-order valence-electron chi connectivity index (χ4n) is 3.49. The summed E-state index contributed by atoms with van der Waals surface area (Å²) >= 11 is 7.83. The van der Waals surface area contributed by atoms with E-state index in [1.807, 2.05) is 10.3 Å². The molecule has 0 bridgehead atoms. The highest BCUT2D eigenvalue weighted by Crippen LogP contribution is 2.42. The van der Waals surface area contributed by atoms with Gasteiger partial charge in [-0.25, -0.2) is 14.2 Å². The molecule has 140 valence electrons. The fourth-order valence-corrected chi connectivity index (χ4v) is 4.36. The Kier molecular flexibility index (Phi) is 4.97. The zero-order chi connectivity index (χ0) is 19.0. The Morgan fingerprint density at radius 3 is 3.07 bits per heavy atom. The standard InChI is InChI=1S/C19H17ClFN3O2S/c1-2-26-19(25)15-14-4-3-8-24(14)17(18-22-7-9-27-18)23-16(15)12-10-11(21)5-6-13(12)20/h5-7,9-10,16H,2-4,8H2,1H3. The molecule has 5 nitrogen and oxygen atoms in total. The summed E-state index contributed by atoms with van der Waals surface area (Å²) in [6.45, 7) is 2.76. The summed E-state index contributed by atoms with van der Waals surface area (Å²) in [5.41, 5.74) is 1.74. The van der Waals surface area contributed by atoms with Gasteiger partial charge < -0.3 is 9.64 Å². The van der Waals surface area contributed by atoms with Gasteiger partial charge in [0.05, 0.1) is 12.2 Å². The van der Waals surface area contributed by atoms with Gasteiger partial charge in [-0.3, -0.25) is 4.99 Å². The van der Waals surface area contributed by atoms with Crippen LogP contribution < -0.4 is 0 Å². The van der Waals surface area contributed by atoms with E-state index in [1.54, 1.807) is 13.1 Å². The van der Waals surface area contributed by atoms with E-state index < -0.39 is 17.8 Å². The summed E-state index contributed by atoms with van der Waals surface area (Å²) in [4.78, 5) is 24.0. The number of ether oxygens (including phenoxy) is 1. The molecule has 8 heteroatoms. The number of aromatic nitrogens is 1. The van der Waals surface area contributed by atoms with Crippen LogP contribution in [0.2, 0.25) is 5.02 Å². The number of hydrogen-bond donors (Lipinski definition) is 0. The van der Waals surface area contributed by atoms with Crippen molar-refractivity contribution in [3.8, 4) is 0 Å². The summed E-state index contributed by atoms with van der Waals surface area (Å²) in [7, 11) is 0. The molecule has 2 aliphatic heterocycles. The zero-order valence-corrected chi connectivity index (χ0v) is 16.2. The lowest BCUT2D eigenvalue weighted by molar-refractivity contribution is -0.139. The van der Waals surface area contributed by atoms with Crippen molar-refractivity contribution in [2.75, 3.05) is 13.2 Å². The van der Waals surface area contributed by atoms with Crippen molar-refractivity contribution >= 4 is 34.7 Å². The highest BCUT2D eigenvalue weighted by molar-refractivity contribution is 7.11. The number of rotatable bonds is 4. The largest absolute Gasteiger partial charge is 0.463 e. The summed E-state index contributed by atoms with van der Waals surface area (Å²) < 4.78 is 19.3. The number of carbonyl (C=O) groups excluding carboxylic acids is 1. The van der Waals surface area contributed by atoms with Gasteiger partial charge in [-0.05, 0) is 38.0 Å². The quantitative estimate of drug-likeness (QED) is 0.709. The fraction of sp³-hybridized carbons (Fsp3) is 0.316. The minimum atomic E-state index is -0.726. The van der Waals surface area contributed by atoms with Gasteiger partial charge in [-0.2, -0.15) is 0 Å². The van der Waals surface area contributed by atoms with Gasteiger partial charge in [0.15, 0.2) is 10.8 Å². The Balaban J connectivity index is 1.91. The van der Waals surface area contributed by atoms with Crippen LogP contribution in [0.25, 0.3) is 0 Å². The first kappa shape index (κ1) is 18.1. The molecule has 0 amide bonds. The van der Waals surface area contributed by atoms with Crippen molar-refractivity contribution in [2.24, 2.45) is 4.99 Å². The van der Waals surface area contributed by atoms with Crippen molar-refractivity contribution < 1.29 is 13.9 Å². The molecule has 4 rings (SSSR count). The average molecular weight is 406 g/mol. The van der Waals surface area contributed by atoms with Crippen LogP contribution in [-0.4, -0.2) is 34.8 Å². The van der Waals surface area contributed by atoms with Crippen molar-refractivity contribution in [2.45, 2.75) is 25.8 Å². The summed E-state index contributed by atoms with van der Waals surface area (Å²) in [6.07, 6.45) is 3.33. The van der Waals surface area contributed by atoms with Gasteiger partial charge in [0.25, 0.3) is 0 Å². The Bertz CT molecular complexity index is 942. The Morgan fingerprint density at radius 2 is 2.33 bits per heavy atom. The van der Waals surface area contributed by atoms with Gasteiger partial charge in [0.2, 0.25) is 0 Å². The second-order valence-electron chi connectivity index (χ2n) is 6.19. The number of halogens is 2. The molecule has 1 saturated heterocycles. The maximum Gasteiger partial charge on any atom is 0.338 e. The van der Waals surface area contributed by atoms with Crippen molar-refractivity contribution in [3.63, 3.8) is 0 Å². The van der Waals surface area contributed by atoms with E-state index in [4.69, 9.17) is 21.3 Å². The van der Waals surface area contributed by atoms with E-state index >= 15 is 0 Å². The molecule has 0 aliphatic carbocycles. The second kappa shape index (κ2) is 7.40. The predicted octanol–water partition coefficient (Wildman–Crippen LogP) is 4.35. The normalized spacial score (nSPS) is 19.1. The molecule has 0 N–H and O–H groups in total. The van der Waals surface area contributed by atoms with E-state index in [0.29, 0.717) is 22.0 Å². The number of thiazole rings is 1. The van der Waals surface area contributed by atoms with Crippen LogP contribution in [0.3, 0.4) is 0 Å². The Labute approximate surface area is 165 Å². The first-order valence-electron chi connectivity index (χ1n) is 8.70. The highest BCUT2D eigenvalue weighted by Gasteiger charge is 2.39. The molecule has 0 saturated carbocycles. The number of nitrogens with zero attached hydrogens (tertiary/aromatic N) is 3. The third-order valence-electron chi connectivity index (χ3n) is 4.58. The molecule has 1 aromatic heterocycles. The molecule has 1 aromatic carbocycles. The first-order valence-corrected chi connectivity index (χ1v) is 9.96. The zero-order valence-electron chi connectivity index (χ0n) is 14.6. The van der Waals surface area contributed by atoms with Gasteiger partial charge >= 0.3 is 5.97 Å². The third-order valence-corrected chi connectivity index (χ3v) is 5.70. The molecule has 1 unspecified atom stereocenters. The number of fused-ring (bicyclic) bond motifs is 1. The molecular formula is C19H17ClFN3O2S. The van der Waals surface area contributed by atoms with Crippen LogP contribution in [0.15, 0.2) is 46.0 Å². The Hall–Kier alpha value is -2.25. The topological polar surface area (TPSA) is 54.8 Å². The summed E-state index contributed by atoms with van der Waals surface area (Å²) in [5, 5.41) is 3.00. The van der Waals surface area contributed by atoms with Crippen LogP contribution in [0.5, 0.6) is 0 Å². The SMILES string of the molecule is CCOC(=O)C1=C2CCCN2C(c2nccs2)=NC1c1cc(F)ccc1Cl. The van der Waals surface area contributed by atoms with E-state index in [1.165, 1.54) is 29.5 Å². The van der Waals surface area contributed by atoms with E-state index in [9.17, 15) is 9.18 Å². The molecule has 2 aliphatic rings. The van der Waals surface area contributed by atoms with Crippen LogP contribution in [-0.2, 0) is 9.53 Å². The number of benzene rings is 1. The molecule has 0 spiro atoms. The number of carbonyl (C=O) groups is 1. The number of allylic oxidation sites excluding steroid dienone is 1. The molecule has 0 radical (unpaired) electrons. The lowest BCUT2D eigenvalue weighted by Crippen LogP contribution is -2.35. The molecule has 2 aromatic rings. The monoisotopic (exact) mass is 405 g/mol.